The van der Waals surface area contributed by atoms with Gasteiger partial charge in [0.05, 0.1) is 44.3 Å². The molecule has 0 atom stereocenters. The maximum Gasteiger partial charge on any atom is 0.137 e. The van der Waals surface area contributed by atoms with Crippen molar-refractivity contribution < 1.29 is 18.9 Å². The van der Waals surface area contributed by atoms with Crippen LogP contribution in [0.2, 0.25) is 0 Å². The van der Waals surface area contributed by atoms with Crippen LogP contribution in [0.3, 0.4) is 0 Å². The predicted molar refractivity (Wildman–Crippen MR) is 143 cm³/mol. The van der Waals surface area contributed by atoms with E-state index in [0.29, 0.717) is 43.4 Å². The van der Waals surface area contributed by atoms with Crippen LogP contribution < -0.4 is 9.47 Å². The molecule has 0 saturated carbocycles. The third-order valence-electron chi connectivity index (χ3n) is 6.82. The van der Waals surface area contributed by atoms with E-state index in [1.165, 1.54) is 0 Å². The molecule has 5 rings (SSSR count). The third kappa shape index (κ3) is 7.29. The van der Waals surface area contributed by atoms with E-state index < -0.39 is 0 Å². The molecule has 2 aliphatic heterocycles. The lowest BCUT2D eigenvalue weighted by atomic mass is 10.1. The second-order valence-corrected chi connectivity index (χ2v) is 9.59. The zero-order valence-electron chi connectivity index (χ0n) is 21.7. The predicted octanol–water partition coefficient (Wildman–Crippen LogP) is 4.26. The standard InChI is InChI=1S/C30H34N4O4/c31-22-25-21-24(5-6-29(25)38-26-8-15-35-16-9-26)28-7-10-32-30(33-28)20-23-3-1-4-27(19-23)37-14-2-11-34-12-17-36-18-13-34/h1,3-7,10,19,21,26H,2,8-9,11-18,20H2. The summed E-state index contributed by atoms with van der Waals surface area (Å²) in [5.41, 5.74) is 3.24. The second kappa shape index (κ2) is 13.3. The number of aromatic nitrogens is 2. The van der Waals surface area contributed by atoms with E-state index >= 15 is 0 Å². The number of hydrogen-bond donors (Lipinski definition) is 0. The number of rotatable bonds is 10. The Labute approximate surface area is 224 Å². The summed E-state index contributed by atoms with van der Waals surface area (Å²) in [6.45, 7) is 6.74. The van der Waals surface area contributed by atoms with Crippen molar-refractivity contribution in [3.05, 3.63) is 71.7 Å². The van der Waals surface area contributed by atoms with Gasteiger partial charge in [-0.1, -0.05) is 12.1 Å². The first-order valence-corrected chi connectivity index (χ1v) is 13.4. The highest BCUT2D eigenvalue weighted by Crippen LogP contribution is 2.28. The highest BCUT2D eigenvalue weighted by atomic mass is 16.5. The summed E-state index contributed by atoms with van der Waals surface area (Å²) in [5, 5.41) is 9.73. The van der Waals surface area contributed by atoms with Crippen molar-refractivity contribution in [3.63, 3.8) is 0 Å². The second-order valence-electron chi connectivity index (χ2n) is 9.59. The van der Waals surface area contributed by atoms with Crippen LogP contribution in [0, 0.1) is 11.3 Å². The van der Waals surface area contributed by atoms with Crippen molar-refractivity contribution in [3.8, 4) is 28.8 Å². The highest BCUT2D eigenvalue weighted by molar-refractivity contribution is 5.64. The summed E-state index contributed by atoms with van der Waals surface area (Å²) >= 11 is 0. The molecule has 8 nitrogen and oxygen atoms in total. The smallest absolute Gasteiger partial charge is 0.137 e. The van der Waals surface area contributed by atoms with Gasteiger partial charge in [0.15, 0.2) is 0 Å². The molecule has 0 aliphatic carbocycles. The monoisotopic (exact) mass is 514 g/mol. The summed E-state index contributed by atoms with van der Waals surface area (Å²) in [4.78, 5) is 11.7. The van der Waals surface area contributed by atoms with E-state index in [-0.39, 0.29) is 6.10 Å². The minimum atomic E-state index is 0.0804. The largest absolute Gasteiger partial charge is 0.494 e. The lowest BCUT2D eigenvalue weighted by Gasteiger charge is -2.26. The molecule has 0 spiro atoms. The molecule has 2 saturated heterocycles. The third-order valence-corrected chi connectivity index (χ3v) is 6.82. The molecule has 2 aromatic carbocycles. The minimum absolute atomic E-state index is 0.0804. The highest BCUT2D eigenvalue weighted by Gasteiger charge is 2.18. The summed E-state index contributed by atoms with van der Waals surface area (Å²) in [6.07, 6.45) is 5.10. The molecule has 198 valence electrons. The van der Waals surface area contributed by atoms with Gasteiger partial charge < -0.3 is 18.9 Å². The van der Waals surface area contributed by atoms with E-state index in [1.807, 2.05) is 36.4 Å². The molecule has 0 amide bonds. The molecule has 0 N–H and O–H groups in total. The van der Waals surface area contributed by atoms with Crippen molar-refractivity contribution in [2.24, 2.45) is 0 Å². The average Bonchev–Trinajstić information content (AvgIpc) is 2.97. The molecule has 38 heavy (non-hydrogen) atoms. The fourth-order valence-electron chi connectivity index (χ4n) is 4.73. The Bertz CT molecular complexity index is 1230. The number of benzene rings is 2. The molecule has 0 unspecified atom stereocenters. The first kappa shape index (κ1) is 26.1. The molecular formula is C30H34N4O4. The van der Waals surface area contributed by atoms with E-state index in [4.69, 9.17) is 23.9 Å². The van der Waals surface area contributed by atoms with E-state index in [1.54, 1.807) is 6.20 Å². The van der Waals surface area contributed by atoms with Gasteiger partial charge in [-0.3, -0.25) is 4.90 Å². The quantitative estimate of drug-likeness (QED) is 0.371. The lowest BCUT2D eigenvalue weighted by Crippen LogP contribution is -2.37. The zero-order chi connectivity index (χ0) is 26.0. The van der Waals surface area contributed by atoms with Crippen molar-refractivity contribution in [1.29, 1.82) is 5.26 Å². The van der Waals surface area contributed by atoms with Crippen LogP contribution in [-0.2, 0) is 15.9 Å². The molecular weight excluding hydrogens is 480 g/mol. The number of nitrogens with zero attached hydrogens (tertiary/aromatic N) is 4. The van der Waals surface area contributed by atoms with Crippen molar-refractivity contribution in [2.75, 3.05) is 52.7 Å². The van der Waals surface area contributed by atoms with Crippen LogP contribution in [0.25, 0.3) is 11.3 Å². The van der Waals surface area contributed by atoms with Gasteiger partial charge in [-0.05, 0) is 48.4 Å². The summed E-state index contributed by atoms with van der Waals surface area (Å²) < 4.78 is 22.9. The van der Waals surface area contributed by atoms with Crippen molar-refractivity contribution in [1.82, 2.24) is 14.9 Å². The Hall–Kier alpha value is -3.51. The SMILES string of the molecule is N#Cc1cc(-c2ccnc(Cc3cccc(OCCCN4CCOCC4)c3)n2)ccc1OC1CCOCC1. The Morgan fingerprint density at radius 2 is 1.84 bits per heavy atom. The maximum absolute atomic E-state index is 9.73. The van der Waals surface area contributed by atoms with Gasteiger partial charge in [-0.15, -0.1) is 0 Å². The summed E-state index contributed by atoms with van der Waals surface area (Å²) in [6, 6.07) is 17.9. The van der Waals surface area contributed by atoms with Gasteiger partial charge in [0.25, 0.3) is 0 Å². The van der Waals surface area contributed by atoms with Crippen LogP contribution in [0.4, 0.5) is 0 Å². The van der Waals surface area contributed by atoms with Crippen LogP contribution in [0.5, 0.6) is 11.5 Å². The number of ether oxygens (including phenoxy) is 4. The molecule has 0 bridgehead atoms. The molecule has 3 heterocycles. The fourth-order valence-corrected chi connectivity index (χ4v) is 4.73. The maximum atomic E-state index is 9.73. The first-order chi connectivity index (χ1) is 18.8. The van der Waals surface area contributed by atoms with Crippen LogP contribution in [-0.4, -0.2) is 73.6 Å². The van der Waals surface area contributed by atoms with Gasteiger partial charge in [0, 0.05) is 50.7 Å². The molecule has 2 fully saturated rings. The summed E-state index contributed by atoms with van der Waals surface area (Å²) in [5.74, 6) is 2.19. The number of hydrogen-bond acceptors (Lipinski definition) is 8. The minimum Gasteiger partial charge on any atom is -0.494 e. The first-order valence-electron chi connectivity index (χ1n) is 13.4. The Morgan fingerprint density at radius 1 is 1.00 bits per heavy atom. The van der Waals surface area contributed by atoms with Gasteiger partial charge in [-0.25, -0.2) is 9.97 Å². The Balaban J connectivity index is 1.19. The van der Waals surface area contributed by atoms with Crippen LogP contribution in [0.1, 0.15) is 36.2 Å². The van der Waals surface area contributed by atoms with Gasteiger partial charge in [0.2, 0.25) is 0 Å². The lowest BCUT2D eigenvalue weighted by molar-refractivity contribution is 0.0254. The van der Waals surface area contributed by atoms with E-state index in [2.05, 4.69) is 28.1 Å². The van der Waals surface area contributed by atoms with E-state index in [9.17, 15) is 5.26 Å². The van der Waals surface area contributed by atoms with Gasteiger partial charge >= 0.3 is 0 Å². The fraction of sp³-hybridized carbons (Fsp3) is 0.433. The Morgan fingerprint density at radius 3 is 2.68 bits per heavy atom. The number of morpholine rings is 1. The van der Waals surface area contributed by atoms with Gasteiger partial charge in [-0.2, -0.15) is 5.26 Å². The molecule has 0 radical (unpaired) electrons. The molecule has 8 heteroatoms. The van der Waals surface area contributed by atoms with Crippen molar-refractivity contribution >= 4 is 0 Å². The van der Waals surface area contributed by atoms with Crippen molar-refractivity contribution in [2.45, 2.75) is 31.8 Å². The molecule has 3 aromatic rings. The van der Waals surface area contributed by atoms with Crippen LogP contribution in [0.15, 0.2) is 54.7 Å². The normalized spacial score (nSPS) is 16.6. The van der Waals surface area contributed by atoms with Gasteiger partial charge in [0.1, 0.15) is 29.5 Å². The number of nitriles is 1. The average molecular weight is 515 g/mol. The zero-order valence-corrected chi connectivity index (χ0v) is 21.7. The summed E-state index contributed by atoms with van der Waals surface area (Å²) in [7, 11) is 0. The topological polar surface area (TPSA) is 89.7 Å². The van der Waals surface area contributed by atoms with Crippen LogP contribution >= 0.6 is 0 Å². The Kier molecular flexibility index (Phi) is 9.16. The molecule has 2 aliphatic rings. The molecule has 1 aromatic heterocycles. The van der Waals surface area contributed by atoms with E-state index in [0.717, 1.165) is 74.7 Å².